The van der Waals surface area contributed by atoms with E-state index in [-0.39, 0.29) is 6.61 Å². The van der Waals surface area contributed by atoms with Gasteiger partial charge in [0.25, 0.3) is 10.1 Å². The predicted molar refractivity (Wildman–Crippen MR) is 67.9 cm³/mol. The lowest BCUT2D eigenvalue weighted by molar-refractivity contribution is 0.304. The van der Waals surface area contributed by atoms with Crippen LogP contribution in [-0.4, -0.2) is 44.6 Å². The first kappa shape index (κ1) is 17.6. The molecule has 10 heteroatoms. The number of hydrogen-bond donors (Lipinski definition) is 0. The van der Waals surface area contributed by atoms with Crippen LogP contribution in [0, 0.1) is 11.8 Å². The van der Waals surface area contributed by atoms with E-state index in [2.05, 4.69) is 20.2 Å². The maximum Gasteiger partial charge on any atom is 0.391 e. The monoisotopic (exact) mass is 316 g/mol. The summed E-state index contributed by atoms with van der Waals surface area (Å²) < 4.78 is 57.1. The molecule has 0 heterocycles. The van der Waals surface area contributed by atoms with E-state index in [1.165, 1.54) is 0 Å². The van der Waals surface area contributed by atoms with Crippen LogP contribution in [0.1, 0.15) is 0 Å². The van der Waals surface area contributed by atoms with Gasteiger partial charge in [0, 0.05) is 0 Å². The van der Waals surface area contributed by atoms with Gasteiger partial charge < -0.3 is 0 Å². The van der Waals surface area contributed by atoms with E-state index in [0.29, 0.717) is 0 Å². The minimum absolute atomic E-state index is 0.350. The van der Waals surface area contributed by atoms with Gasteiger partial charge in [0.05, 0.1) is 6.26 Å². The van der Waals surface area contributed by atoms with Crippen LogP contribution in [0.4, 0.5) is 0 Å². The maximum absolute atomic E-state index is 11.2. The highest BCUT2D eigenvalue weighted by Crippen LogP contribution is 2.09. The van der Waals surface area contributed by atoms with Gasteiger partial charge in [-0.05, 0) is 19.6 Å². The Hall–Kier alpha value is -0.443. The first-order valence-corrected chi connectivity index (χ1v) is 11.4. The summed E-state index contributed by atoms with van der Waals surface area (Å²) in [4.78, 5) is 0. The summed E-state index contributed by atoms with van der Waals surface area (Å²) in [6.07, 6.45) is 0.886. The zero-order chi connectivity index (χ0) is 14.4. The highest BCUT2D eigenvalue weighted by atomic mass is 32.3. The smallest absolute Gasteiger partial charge is 0.294 e. The Morgan fingerprint density at radius 2 is 1.39 bits per heavy atom. The van der Waals surface area contributed by atoms with Gasteiger partial charge in [-0.3, -0.25) is 8.06 Å². The highest BCUT2D eigenvalue weighted by molar-refractivity contribution is 7.86. The van der Waals surface area contributed by atoms with Crippen molar-refractivity contribution < 1.29 is 29.1 Å². The van der Waals surface area contributed by atoms with Crippen molar-refractivity contribution in [2.45, 2.75) is 19.6 Å². The SMILES string of the molecule is C[Si](C)(C)OS(=O)(=O)OCC#CCOS(C)(=O)=O. The van der Waals surface area contributed by atoms with Gasteiger partial charge in [-0.2, -0.15) is 16.8 Å². The summed E-state index contributed by atoms with van der Waals surface area (Å²) in [6.45, 7) is 4.32. The number of hydrogen-bond acceptors (Lipinski definition) is 7. The molecule has 0 radical (unpaired) electrons. The van der Waals surface area contributed by atoms with Gasteiger partial charge in [0.15, 0.2) is 0 Å². The van der Waals surface area contributed by atoms with Crippen molar-refractivity contribution in [1.29, 1.82) is 0 Å². The molecule has 0 saturated heterocycles. The molecule has 18 heavy (non-hydrogen) atoms. The van der Waals surface area contributed by atoms with Crippen molar-refractivity contribution in [3.05, 3.63) is 0 Å². The standard InChI is InChI=1S/C8H16O7S2Si/c1-16(9,10)13-7-5-6-8-14-17(11,12)15-18(2,3)4/h7-8H2,1-4H3. The predicted octanol–water partition coefficient (Wildman–Crippen LogP) is 0.0789. The van der Waals surface area contributed by atoms with E-state index in [9.17, 15) is 16.8 Å². The third-order valence-electron chi connectivity index (χ3n) is 1.10. The van der Waals surface area contributed by atoms with Crippen molar-refractivity contribution in [3.8, 4) is 11.8 Å². The van der Waals surface area contributed by atoms with Crippen molar-refractivity contribution in [2.24, 2.45) is 0 Å². The van der Waals surface area contributed by atoms with E-state index >= 15 is 0 Å². The largest absolute Gasteiger partial charge is 0.391 e. The van der Waals surface area contributed by atoms with Crippen LogP contribution in [0.3, 0.4) is 0 Å². The molecule has 0 saturated carbocycles. The van der Waals surface area contributed by atoms with Gasteiger partial charge in [-0.1, -0.05) is 11.8 Å². The van der Waals surface area contributed by atoms with Crippen molar-refractivity contribution >= 4 is 28.8 Å². The molecule has 0 fully saturated rings. The Labute approximate surface area is 109 Å². The van der Waals surface area contributed by atoms with E-state index in [1.807, 2.05) is 0 Å². The summed E-state index contributed by atoms with van der Waals surface area (Å²) >= 11 is 0. The molecule has 0 unspecified atom stereocenters. The molecule has 0 aromatic heterocycles. The highest BCUT2D eigenvalue weighted by Gasteiger charge is 2.24. The summed E-state index contributed by atoms with van der Waals surface area (Å²) in [5.41, 5.74) is 0. The second kappa shape index (κ2) is 6.64. The third-order valence-corrected chi connectivity index (χ3v) is 4.87. The van der Waals surface area contributed by atoms with E-state index in [0.717, 1.165) is 6.26 Å². The molecule has 7 nitrogen and oxygen atoms in total. The molecule has 0 aliphatic rings. The van der Waals surface area contributed by atoms with Gasteiger partial charge in [-0.15, -0.1) is 0 Å². The Morgan fingerprint density at radius 3 is 1.78 bits per heavy atom. The molecule has 0 rings (SSSR count). The van der Waals surface area contributed by atoms with Crippen LogP contribution in [-0.2, 0) is 32.8 Å². The molecule has 0 aliphatic carbocycles. The Morgan fingerprint density at radius 1 is 0.944 bits per heavy atom. The quantitative estimate of drug-likeness (QED) is 0.389. The van der Waals surface area contributed by atoms with Gasteiger partial charge in [0.2, 0.25) is 8.32 Å². The molecular formula is C8H16O7S2Si. The van der Waals surface area contributed by atoms with Gasteiger partial charge in [-0.25, -0.2) is 4.18 Å². The van der Waals surface area contributed by atoms with Crippen LogP contribution in [0.25, 0.3) is 0 Å². The lowest BCUT2D eigenvalue weighted by Gasteiger charge is -2.15. The molecule has 0 amide bonds. The van der Waals surface area contributed by atoms with Crippen LogP contribution in [0.5, 0.6) is 0 Å². The summed E-state index contributed by atoms with van der Waals surface area (Å²) in [5.74, 6) is 4.59. The molecule has 0 N–H and O–H groups in total. The maximum atomic E-state index is 11.2. The second-order valence-electron chi connectivity index (χ2n) is 4.19. The van der Waals surface area contributed by atoms with Crippen LogP contribution in [0.15, 0.2) is 0 Å². The van der Waals surface area contributed by atoms with Crippen molar-refractivity contribution in [1.82, 2.24) is 0 Å². The summed E-state index contributed by atoms with van der Waals surface area (Å²) in [7, 11) is -9.86. The van der Waals surface area contributed by atoms with Gasteiger partial charge in [0.1, 0.15) is 13.2 Å². The Kier molecular flexibility index (Phi) is 6.48. The average molecular weight is 316 g/mol. The minimum atomic E-state index is -4.05. The first-order valence-electron chi connectivity index (χ1n) is 4.81. The fraction of sp³-hybridized carbons (Fsp3) is 0.750. The third kappa shape index (κ3) is 12.0. The molecule has 0 atom stereocenters. The fourth-order valence-electron chi connectivity index (χ4n) is 0.670. The molecule has 0 aliphatic heterocycles. The summed E-state index contributed by atoms with van der Waals surface area (Å²) in [5, 5.41) is 0. The Bertz CT molecular complexity index is 518. The normalized spacial score (nSPS) is 12.9. The van der Waals surface area contributed by atoms with Crippen molar-refractivity contribution in [3.63, 3.8) is 0 Å². The topological polar surface area (TPSA) is 96.0 Å². The van der Waals surface area contributed by atoms with Crippen LogP contribution >= 0.6 is 0 Å². The first-order chi connectivity index (χ1) is 7.91. The molecule has 0 aromatic rings. The lowest BCUT2D eigenvalue weighted by Crippen LogP contribution is -2.30. The van der Waals surface area contributed by atoms with E-state index in [1.54, 1.807) is 19.6 Å². The summed E-state index contributed by atoms with van der Waals surface area (Å²) in [6, 6.07) is 0. The number of rotatable bonds is 6. The zero-order valence-corrected chi connectivity index (χ0v) is 13.2. The molecule has 106 valence electrons. The minimum Gasteiger partial charge on any atom is -0.294 e. The van der Waals surface area contributed by atoms with E-state index in [4.69, 9.17) is 3.87 Å². The van der Waals surface area contributed by atoms with E-state index < -0.39 is 35.4 Å². The molecule has 0 bridgehead atoms. The molecule has 0 aromatic carbocycles. The van der Waals surface area contributed by atoms with Gasteiger partial charge >= 0.3 is 10.4 Å². The fourth-order valence-corrected chi connectivity index (χ4v) is 3.79. The zero-order valence-electron chi connectivity index (χ0n) is 10.6. The lowest BCUT2D eigenvalue weighted by atomic mass is 10.6. The van der Waals surface area contributed by atoms with Crippen molar-refractivity contribution in [2.75, 3.05) is 19.5 Å². The van der Waals surface area contributed by atoms with Crippen LogP contribution < -0.4 is 0 Å². The Balaban J connectivity index is 4.10. The molecular weight excluding hydrogens is 300 g/mol. The average Bonchev–Trinajstić information content (AvgIpc) is 2.04. The van der Waals surface area contributed by atoms with Crippen LogP contribution in [0.2, 0.25) is 19.6 Å². The second-order valence-corrected chi connectivity index (χ2v) is 11.8. The molecule has 0 spiro atoms.